The second-order valence-electron chi connectivity index (χ2n) is 7.81. The van der Waals surface area contributed by atoms with E-state index in [0.717, 1.165) is 5.56 Å². The van der Waals surface area contributed by atoms with Crippen molar-refractivity contribution in [1.29, 1.82) is 0 Å². The number of nitrogens with one attached hydrogen (secondary N) is 2. The molecule has 0 aliphatic carbocycles. The Morgan fingerprint density at radius 3 is 2.50 bits per heavy atom. The molecule has 1 fully saturated rings. The maximum atomic E-state index is 12.5. The maximum Gasteiger partial charge on any atom is 0.273 e. The molecule has 0 saturated carbocycles. The molecule has 1 aliphatic heterocycles. The van der Waals surface area contributed by atoms with Crippen molar-refractivity contribution in [2.75, 3.05) is 13.2 Å². The summed E-state index contributed by atoms with van der Waals surface area (Å²) in [4.78, 5) is 38.9. The minimum absolute atomic E-state index is 0.0715. The van der Waals surface area contributed by atoms with Crippen LogP contribution in [-0.4, -0.2) is 35.8 Å². The molecule has 2 aromatic carbocycles. The second kappa shape index (κ2) is 9.91. The third-order valence-electron chi connectivity index (χ3n) is 4.80. The summed E-state index contributed by atoms with van der Waals surface area (Å²) in [7, 11) is 0. The highest BCUT2D eigenvalue weighted by Gasteiger charge is 2.34. The first-order chi connectivity index (χ1) is 14.4. The van der Waals surface area contributed by atoms with E-state index >= 15 is 0 Å². The average Bonchev–Trinajstić information content (AvgIpc) is 3.11. The van der Waals surface area contributed by atoms with Crippen LogP contribution in [-0.2, 0) is 16.1 Å². The van der Waals surface area contributed by atoms with Crippen LogP contribution in [0, 0.1) is 11.8 Å². The molecule has 1 unspecified atom stereocenters. The molecule has 1 saturated heterocycles. The fourth-order valence-corrected chi connectivity index (χ4v) is 3.23. The molecule has 3 amide bonds. The number of rotatable bonds is 7. The summed E-state index contributed by atoms with van der Waals surface area (Å²) in [6.45, 7) is 5.32. The number of hydrogen-bond donors (Lipinski definition) is 2. The zero-order chi connectivity index (χ0) is 21.5. The van der Waals surface area contributed by atoms with E-state index in [0.29, 0.717) is 36.9 Å². The topological polar surface area (TPSA) is 87.7 Å². The van der Waals surface area contributed by atoms with Gasteiger partial charge in [-0.3, -0.25) is 25.2 Å². The standard InChI is InChI=1S/C23H27N3O4/c1-16(2)15-30-20-11-7-6-10-19(20)23(29)25-24-22(28)18-12-21(27)26(14-18)13-17-8-4-3-5-9-17/h3-11,16,18H,12-15H2,1-2H3,(H,24,28)(H,25,29). The number of benzene rings is 2. The largest absolute Gasteiger partial charge is 0.492 e. The van der Waals surface area contributed by atoms with Crippen LogP contribution >= 0.6 is 0 Å². The summed E-state index contributed by atoms with van der Waals surface area (Å²) >= 11 is 0. The molecule has 0 aromatic heterocycles. The van der Waals surface area contributed by atoms with Crippen LogP contribution in [0.5, 0.6) is 5.75 Å². The van der Waals surface area contributed by atoms with E-state index in [-0.39, 0.29) is 18.2 Å². The Hall–Kier alpha value is -3.35. The fraction of sp³-hybridized carbons (Fsp3) is 0.348. The van der Waals surface area contributed by atoms with Crippen molar-refractivity contribution in [3.63, 3.8) is 0 Å². The normalized spacial score (nSPS) is 15.9. The minimum Gasteiger partial charge on any atom is -0.492 e. The van der Waals surface area contributed by atoms with Crippen molar-refractivity contribution >= 4 is 17.7 Å². The van der Waals surface area contributed by atoms with Crippen LogP contribution in [0.4, 0.5) is 0 Å². The number of carbonyl (C=O) groups is 3. The lowest BCUT2D eigenvalue weighted by Crippen LogP contribution is -2.45. The third kappa shape index (κ3) is 5.59. The van der Waals surface area contributed by atoms with Crippen LogP contribution in [0.2, 0.25) is 0 Å². The summed E-state index contributed by atoms with van der Waals surface area (Å²) in [5.74, 6) is -0.643. The summed E-state index contributed by atoms with van der Waals surface area (Å²) in [6.07, 6.45) is 0.128. The van der Waals surface area contributed by atoms with Gasteiger partial charge in [0.15, 0.2) is 0 Å². The Morgan fingerprint density at radius 1 is 1.07 bits per heavy atom. The third-order valence-corrected chi connectivity index (χ3v) is 4.80. The number of carbonyl (C=O) groups excluding carboxylic acids is 3. The molecule has 2 N–H and O–H groups in total. The Kier molecular flexibility index (Phi) is 7.06. The van der Waals surface area contributed by atoms with E-state index in [9.17, 15) is 14.4 Å². The molecular weight excluding hydrogens is 382 g/mol. The van der Waals surface area contributed by atoms with Gasteiger partial charge in [0.05, 0.1) is 18.1 Å². The van der Waals surface area contributed by atoms with Gasteiger partial charge in [-0.1, -0.05) is 56.3 Å². The van der Waals surface area contributed by atoms with Gasteiger partial charge in [0.1, 0.15) is 5.75 Å². The average molecular weight is 409 g/mol. The van der Waals surface area contributed by atoms with Crippen LogP contribution in [0.15, 0.2) is 54.6 Å². The highest BCUT2D eigenvalue weighted by molar-refractivity contribution is 5.98. The van der Waals surface area contributed by atoms with Gasteiger partial charge in [-0.05, 0) is 23.6 Å². The molecule has 3 rings (SSSR count). The first kappa shape index (κ1) is 21.4. The van der Waals surface area contributed by atoms with Gasteiger partial charge >= 0.3 is 0 Å². The minimum atomic E-state index is -0.506. The Bertz CT molecular complexity index is 898. The van der Waals surface area contributed by atoms with Crippen molar-refractivity contribution < 1.29 is 19.1 Å². The summed E-state index contributed by atoms with van der Waals surface area (Å²) < 4.78 is 5.69. The van der Waals surface area contributed by atoms with E-state index in [1.165, 1.54) is 0 Å². The maximum absolute atomic E-state index is 12.5. The van der Waals surface area contributed by atoms with E-state index in [1.54, 1.807) is 29.2 Å². The molecule has 1 aliphatic rings. The first-order valence-electron chi connectivity index (χ1n) is 10.1. The molecule has 7 heteroatoms. The number of ether oxygens (including phenoxy) is 1. The van der Waals surface area contributed by atoms with Crippen molar-refractivity contribution in [3.05, 3.63) is 65.7 Å². The number of likely N-dealkylation sites (tertiary alicyclic amines) is 1. The van der Waals surface area contributed by atoms with Gasteiger partial charge in [-0.2, -0.15) is 0 Å². The van der Waals surface area contributed by atoms with Crippen LogP contribution in [0.25, 0.3) is 0 Å². The number of hydrazine groups is 1. The lowest BCUT2D eigenvalue weighted by Gasteiger charge is -2.17. The highest BCUT2D eigenvalue weighted by Crippen LogP contribution is 2.21. The van der Waals surface area contributed by atoms with Gasteiger partial charge in [0, 0.05) is 19.5 Å². The number of nitrogens with zero attached hydrogens (tertiary/aromatic N) is 1. The molecule has 1 atom stereocenters. The zero-order valence-electron chi connectivity index (χ0n) is 17.3. The zero-order valence-corrected chi connectivity index (χ0v) is 17.3. The fourth-order valence-electron chi connectivity index (χ4n) is 3.23. The van der Waals surface area contributed by atoms with Gasteiger partial charge in [0.25, 0.3) is 5.91 Å². The quantitative estimate of drug-likeness (QED) is 0.688. The van der Waals surface area contributed by atoms with Crippen LogP contribution in [0.3, 0.4) is 0 Å². The second-order valence-corrected chi connectivity index (χ2v) is 7.81. The SMILES string of the molecule is CC(C)COc1ccccc1C(=O)NNC(=O)C1CC(=O)N(Cc2ccccc2)C1. The molecule has 2 aromatic rings. The molecule has 0 spiro atoms. The van der Waals surface area contributed by atoms with Crippen LogP contribution < -0.4 is 15.6 Å². The van der Waals surface area contributed by atoms with Crippen LogP contribution in [0.1, 0.15) is 36.2 Å². The summed E-state index contributed by atoms with van der Waals surface area (Å²) in [6, 6.07) is 16.5. The predicted octanol–water partition coefficient (Wildman–Crippen LogP) is 2.53. The van der Waals surface area contributed by atoms with Crippen molar-refractivity contribution in [1.82, 2.24) is 15.8 Å². The van der Waals surface area contributed by atoms with E-state index in [4.69, 9.17) is 4.74 Å². The van der Waals surface area contributed by atoms with E-state index < -0.39 is 11.8 Å². The van der Waals surface area contributed by atoms with Crippen molar-refractivity contribution in [2.24, 2.45) is 11.8 Å². The summed E-state index contributed by atoms with van der Waals surface area (Å²) in [5, 5.41) is 0. The van der Waals surface area contributed by atoms with Gasteiger partial charge < -0.3 is 9.64 Å². The molecule has 0 bridgehead atoms. The monoisotopic (exact) mass is 409 g/mol. The van der Waals surface area contributed by atoms with Gasteiger partial charge in [0.2, 0.25) is 11.8 Å². The molecular formula is C23H27N3O4. The highest BCUT2D eigenvalue weighted by atomic mass is 16.5. The smallest absolute Gasteiger partial charge is 0.273 e. The molecule has 1 heterocycles. The molecule has 158 valence electrons. The number of hydrogen-bond acceptors (Lipinski definition) is 4. The van der Waals surface area contributed by atoms with E-state index in [1.807, 2.05) is 44.2 Å². The Balaban J connectivity index is 1.53. The lowest BCUT2D eigenvalue weighted by molar-refractivity contribution is -0.129. The molecule has 7 nitrogen and oxygen atoms in total. The van der Waals surface area contributed by atoms with Crippen molar-refractivity contribution in [3.8, 4) is 5.75 Å². The van der Waals surface area contributed by atoms with Gasteiger partial charge in [-0.25, -0.2) is 0 Å². The van der Waals surface area contributed by atoms with Gasteiger partial charge in [-0.15, -0.1) is 0 Å². The van der Waals surface area contributed by atoms with E-state index in [2.05, 4.69) is 10.9 Å². The first-order valence-corrected chi connectivity index (χ1v) is 10.1. The Morgan fingerprint density at radius 2 is 1.77 bits per heavy atom. The molecule has 0 radical (unpaired) electrons. The number of amides is 3. The van der Waals surface area contributed by atoms with Crippen molar-refractivity contribution in [2.45, 2.75) is 26.8 Å². The molecule has 30 heavy (non-hydrogen) atoms. The lowest BCUT2D eigenvalue weighted by atomic mass is 10.1. The predicted molar refractivity (Wildman–Crippen MR) is 112 cm³/mol. The number of para-hydroxylation sites is 1. The summed E-state index contributed by atoms with van der Waals surface area (Å²) in [5.41, 5.74) is 6.23. The Labute approximate surface area is 176 Å².